The van der Waals surface area contributed by atoms with Crippen molar-refractivity contribution in [3.63, 3.8) is 0 Å². The molecule has 1 aromatic carbocycles. The molecule has 1 aliphatic rings. The van der Waals surface area contributed by atoms with Crippen LogP contribution in [0.2, 0.25) is 0 Å². The Morgan fingerprint density at radius 1 is 1.45 bits per heavy atom. The topological polar surface area (TPSA) is 91.2 Å². The van der Waals surface area contributed by atoms with Crippen molar-refractivity contribution in [3.8, 4) is 11.8 Å². The normalized spacial score (nSPS) is 17.5. The fourth-order valence-corrected chi connectivity index (χ4v) is 2.29. The summed E-state index contributed by atoms with van der Waals surface area (Å²) >= 11 is 0. The Morgan fingerprint density at radius 3 is 2.73 bits per heavy atom. The van der Waals surface area contributed by atoms with Gasteiger partial charge in [-0.25, -0.2) is 0 Å². The van der Waals surface area contributed by atoms with Crippen molar-refractivity contribution >= 4 is 17.5 Å². The van der Waals surface area contributed by atoms with E-state index in [1.54, 1.807) is 31.2 Å². The minimum atomic E-state index is -0.759. The quantitative estimate of drug-likeness (QED) is 0.889. The highest BCUT2D eigenvalue weighted by molar-refractivity contribution is 5.99. The molecule has 1 aromatic rings. The number of rotatable bonds is 4. The molecule has 2 rings (SSSR count). The van der Waals surface area contributed by atoms with Gasteiger partial charge in [0.25, 0.3) is 0 Å². The van der Waals surface area contributed by atoms with Crippen LogP contribution in [0.5, 0.6) is 5.75 Å². The van der Waals surface area contributed by atoms with Crippen molar-refractivity contribution in [1.29, 1.82) is 5.26 Å². The summed E-state index contributed by atoms with van der Waals surface area (Å²) in [6, 6.07) is 8.93. The van der Waals surface area contributed by atoms with E-state index < -0.39 is 5.92 Å². The van der Waals surface area contributed by atoms with E-state index in [1.807, 2.05) is 13.0 Å². The van der Waals surface area contributed by atoms with Crippen molar-refractivity contribution < 1.29 is 14.3 Å². The van der Waals surface area contributed by atoms with Gasteiger partial charge in [-0.05, 0) is 38.1 Å². The van der Waals surface area contributed by atoms with Gasteiger partial charge in [0.2, 0.25) is 11.8 Å². The van der Waals surface area contributed by atoms with Crippen molar-refractivity contribution in [2.75, 3.05) is 11.9 Å². The maximum atomic E-state index is 12.3. The first-order valence-corrected chi connectivity index (χ1v) is 6.99. The Kier molecular flexibility index (Phi) is 4.79. The van der Waals surface area contributed by atoms with Crippen LogP contribution in [0.1, 0.15) is 20.3 Å². The van der Waals surface area contributed by atoms with Gasteiger partial charge in [-0.3, -0.25) is 9.59 Å². The van der Waals surface area contributed by atoms with Crippen molar-refractivity contribution in [2.45, 2.75) is 20.3 Å². The number of carbonyl (C=O) groups is 2. The average Bonchev–Trinajstić information content (AvgIpc) is 2.49. The summed E-state index contributed by atoms with van der Waals surface area (Å²) in [7, 11) is 0. The molecule has 1 aliphatic heterocycles. The molecule has 2 amide bonds. The number of allylic oxidation sites excluding steroid dienone is 1. The van der Waals surface area contributed by atoms with Crippen LogP contribution in [0.4, 0.5) is 5.69 Å². The first-order valence-electron chi connectivity index (χ1n) is 6.99. The zero-order valence-electron chi connectivity index (χ0n) is 12.5. The van der Waals surface area contributed by atoms with Crippen molar-refractivity contribution in [1.82, 2.24) is 5.32 Å². The molecule has 1 heterocycles. The molecule has 6 nitrogen and oxygen atoms in total. The first kappa shape index (κ1) is 15.6. The molecule has 0 aliphatic carbocycles. The molecule has 0 saturated heterocycles. The summed E-state index contributed by atoms with van der Waals surface area (Å²) in [4.78, 5) is 23.9. The number of amides is 2. The summed E-state index contributed by atoms with van der Waals surface area (Å²) in [6.07, 6.45) is -0.0247. The van der Waals surface area contributed by atoms with E-state index in [9.17, 15) is 14.9 Å². The number of nitrogens with zero attached hydrogens (tertiary/aromatic N) is 1. The number of nitriles is 1. The second-order valence-corrected chi connectivity index (χ2v) is 4.90. The number of ether oxygens (including phenoxy) is 1. The predicted octanol–water partition coefficient (Wildman–Crippen LogP) is 1.96. The Morgan fingerprint density at radius 2 is 2.14 bits per heavy atom. The number of anilines is 1. The Labute approximate surface area is 128 Å². The molecule has 1 unspecified atom stereocenters. The molecular weight excluding hydrogens is 282 g/mol. The molecule has 22 heavy (non-hydrogen) atoms. The second-order valence-electron chi connectivity index (χ2n) is 4.90. The molecule has 0 aromatic heterocycles. The van der Waals surface area contributed by atoms with Crippen LogP contribution in [0.15, 0.2) is 35.5 Å². The standard InChI is InChI=1S/C16H17N3O3/c1-3-22-12-6-4-11(5-7-12)19-16(21)13-8-15(20)18-10(2)14(13)9-17/h4-7,13H,3,8H2,1-2H3,(H,18,20)(H,19,21). The van der Waals surface area contributed by atoms with E-state index in [1.165, 1.54) is 0 Å². The molecule has 0 bridgehead atoms. The van der Waals surface area contributed by atoms with Crippen LogP contribution in [-0.2, 0) is 9.59 Å². The number of hydrogen-bond donors (Lipinski definition) is 2. The third-order valence-electron chi connectivity index (χ3n) is 3.34. The van der Waals surface area contributed by atoms with Gasteiger partial charge in [0.05, 0.1) is 24.2 Å². The summed E-state index contributed by atoms with van der Waals surface area (Å²) in [5.74, 6) is -0.672. The molecule has 0 saturated carbocycles. The smallest absolute Gasteiger partial charge is 0.233 e. The number of nitrogens with one attached hydrogen (secondary N) is 2. The Bertz CT molecular complexity index is 656. The first-order chi connectivity index (χ1) is 10.5. The highest BCUT2D eigenvalue weighted by Gasteiger charge is 2.31. The van der Waals surface area contributed by atoms with Gasteiger partial charge >= 0.3 is 0 Å². The number of benzene rings is 1. The lowest BCUT2D eigenvalue weighted by atomic mass is 9.90. The predicted molar refractivity (Wildman–Crippen MR) is 80.8 cm³/mol. The third kappa shape index (κ3) is 3.44. The molecule has 0 spiro atoms. The van der Waals surface area contributed by atoms with Crippen LogP contribution in [-0.4, -0.2) is 18.4 Å². The van der Waals surface area contributed by atoms with Gasteiger partial charge in [-0.1, -0.05) is 0 Å². The van der Waals surface area contributed by atoms with E-state index >= 15 is 0 Å². The monoisotopic (exact) mass is 299 g/mol. The zero-order valence-corrected chi connectivity index (χ0v) is 12.5. The summed E-state index contributed by atoms with van der Waals surface area (Å²) in [5.41, 5.74) is 1.32. The SMILES string of the molecule is CCOc1ccc(NC(=O)C2CC(=O)NC(C)=C2C#N)cc1. The number of carbonyl (C=O) groups excluding carboxylic acids is 2. The summed E-state index contributed by atoms with van der Waals surface area (Å²) in [5, 5.41) is 14.5. The van der Waals surface area contributed by atoms with Crippen LogP contribution in [0.25, 0.3) is 0 Å². The van der Waals surface area contributed by atoms with E-state index in [0.717, 1.165) is 0 Å². The van der Waals surface area contributed by atoms with Gasteiger partial charge in [-0.15, -0.1) is 0 Å². The zero-order chi connectivity index (χ0) is 16.1. The largest absolute Gasteiger partial charge is 0.494 e. The fourth-order valence-electron chi connectivity index (χ4n) is 2.29. The van der Waals surface area contributed by atoms with Gasteiger partial charge in [0.1, 0.15) is 5.75 Å². The van der Waals surface area contributed by atoms with Gasteiger partial charge < -0.3 is 15.4 Å². The van der Waals surface area contributed by atoms with Crippen molar-refractivity contribution in [2.24, 2.45) is 5.92 Å². The maximum absolute atomic E-state index is 12.3. The maximum Gasteiger partial charge on any atom is 0.233 e. The summed E-state index contributed by atoms with van der Waals surface area (Å²) in [6.45, 7) is 4.08. The lowest BCUT2D eigenvalue weighted by Crippen LogP contribution is -2.37. The van der Waals surface area contributed by atoms with Crippen LogP contribution in [0, 0.1) is 17.2 Å². The van der Waals surface area contributed by atoms with E-state index in [4.69, 9.17) is 4.74 Å². The van der Waals surface area contributed by atoms with Crippen molar-refractivity contribution in [3.05, 3.63) is 35.5 Å². The van der Waals surface area contributed by atoms with Crippen LogP contribution < -0.4 is 15.4 Å². The fraction of sp³-hybridized carbons (Fsp3) is 0.312. The van der Waals surface area contributed by atoms with E-state index in [2.05, 4.69) is 10.6 Å². The van der Waals surface area contributed by atoms with E-state index in [-0.39, 0.29) is 18.2 Å². The highest BCUT2D eigenvalue weighted by atomic mass is 16.5. The van der Waals surface area contributed by atoms with Crippen LogP contribution >= 0.6 is 0 Å². The molecule has 1 atom stereocenters. The minimum absolute atomic E-state index is 0.0247. The van der Waals surface area contributed by atoms with E-state index in [0.29, 0.717) is 29.3 Å². The summed E-state index contributed by atoms with van der Waals surface area (Å²) < 4.78 is 5.33. The van der Waals surface area contributed by atoms with Crippen LogP contribution in [0.3, 0.4) is 0 Å². The Hall–Kier alpha value is -2.81. The number of hydrogen-bond acceptors (Lipinski definition) is 4. The van der Waals surface area contributed by atoms with Gasteiger partial charge in [0.15, 0.2) is 0 Å². The highest BCUT2D eigenvalue weighted by Crippen LogP contribution is 2.24. The molecule has 0 radical (unpaired) electrons. The van der Waals surface area contributed by atoms with Gasteiger partial charge in [-0.2, -0.15) is 5.26 Å². The van der Waals surface area contributed by atoms with Gasteiger partial charge in [0, 0.05) is 17.8 Å². The molecule has 114 valence electrons. The lowest BCUT2D eigenvalue weighted by Gasteiger charge is -2.22. The second kappa shape index (κ2) is 6.76. The molecular formula is C16H17N3O3. The molecule has 6 heteroatoms. The average molecular weight is 299 g/mol. The lowest BCUT2D eigenvalue weighted by molar-refractivity contribution is -0.126. The molecule has 2 N–H and O–H groups in total. The Balaban J connectivity index is 2.12. The third-order valence-corrected chi connectivity index (χ3v) is 3.34. The minimum Gasteiger partial charge on any atom is -0.494 e. The molecule has 0 fully saturated rings.